The highest BCUT2D eigenvalue weighted by atomic mass is 32.2. The van der Waals surface area contributed by atoms with Crippen molar-refractivity contribution in [3.8, 4) is 0 Å². The summed E-state index contributed by atoms with van der Waals surface area (Å²) in [6.45, 7) is 0. The molecule has 0 aromatic heterocycles. The average Bonchev–Trinajstić information content (AvgIpc) is 2.01. The van der Waals surface area contributed by atoms with Crippen LogP contribution in [0.25, 0.3) is 0 Å². The Bertz CT molecular complexity index is 345. The van der Waals surface area contributed by atoms with Crippen LogP contribution < -0.4 is 0 Å². The van der Waals surface area contributed by atoms with E-state index in [0.29, 0.717) is 12.1 Å². The topological polar surface area (TPSA) is 37.3 Å². The van der Waals surface area contributed by atoms with Crippen LogP contribution >= 0.6 is 0 Å². The summed E-state index contributed by atoms with van der Waals surface area (Å²) in [4.78, 5) is 0. The molecule has 0 amide bonds. The van der Waals surface area contributed by atoms with Crippen LogP contribution in [0, 0.1) is 17.5 Å². The van der Waals surface area contributed by atoms with Crippen molar-refractivity contribution in [2.24, 2.45) is 0 Å². The maximum absolute atomic E-state index is 12.9. The molecule has 0 aliphatic heterocycles. The van der Waals surface area contributed by atoms with Crippen molar-refractivity contribution in [2.75, 3.05) is 5.75 Å². The summed E-state index contributed by atoms with van der Waals surface area (Å²) >= 11 is -2.12. The molecule has 0 fully saturated rings. The van der Waals surface area contributed by atoms with E-state index < -0.39 is 28.5 Å². The first-order chi connectivity index (χ1) is 6.50. The Labute approximate surface area is 81.0 Å². The van der Waals surface area contributed by atoms with Crippen LogP contribution in [0.1, 0.15) is 5.56 Å². The van der Waals surface area contributed by atoms with E-state index in [1.807, 2.05) is 0 Å². The molecule has 0 aliphatic rings. The van der Waals surface area contributed by atoms with Gasteiger partial charge >= 0.3 is 0 Å². The summed E-state index contributed by atoms with van der Waals surface area (Å²) in [6, 6.07) is 1.08. The molecule has 1 unspecified atom stereocenters. The van der Waals surface area contributed by atoms with Crippen molar-refractivity contribution in [3.05, 3.63) is 35.1 Å². The molecule has 1 aromatic carbocycles. The molecular weight excluding hydrogens is 217 g/mol. The third kappa shape index (κ3) is 2.81. The van der Waals surface area contributed by atoms with Gasteiger partial charge < -0.3 is 4.55 Å². The fourth-order valence-corrected chi connectivity index (χ4v) is 1.38. The third-order valence-corrected chi connectivity index (χ3v) is 2.19. The normalized spacial score (nSPS) is 12.9. The van der Waals surface area contributed by atoms with Gasteiger partial charge in [-0.05, 0) is 6.42 Å². The minimum Gasteiger partial charge on any atom is -0.306 e. The fourth-order valence-electron chi connectivity index (χ4n) is 1.00. The van der Waals surface area contributed by atoms with Crippen LogP contribution in [0.3, 0.4) is 0 Å². The molecule has 0 radical (unpaired) electrons. The molecule has 1 atom stereocenters. The largest absolute Gasteiger partial charge is 0.306 e. The van der Waals surface area contributed by atoms with Crippen molar-refractivity contribution in [2.45, 2.75) is 6.42 Å². The van der Waals surface area contributed by atoms with Crippen LogP contribution in [0.2, 0.25) is 0 Å². The second-order valence-corrected chi connectivity index (χ2v) is 3.67. The maximum atomic E-state index is 12.9. The summed E-state index contributed by atoms with van der Waals surface area (Å²) in [5, 5.41) is 0. The van der Waals surface area contributed by atoms with Crippen molar-refractivity contribution >= 4 is 11.1 Å². The number of rotatable bonds is 3. The highest BCUT2D eigenvalue weighted by molar-refractivity contribution is 7.79. The number of benzene rings is 1. The molecule has 0 bridgehead atoms. The van der Waals surface area contributed by atoms with E-state index in [1.54, 1.807) is 0 Å². The molecular formula is C8H7F3O2S. The fraction of sp³-hybridized carbons (Fsp3) is 0.250. The van der Waals surface area contributed by atoms with Gasteiger partial charge in [0, 0.05) is 17.7 Å². The van der Waals surface area contributed by atoms with Crippen LogP contribution in [0.15, 0.2) is 12.1 Å². The predicted molar refractivity (Wildman–Crippen MR) is 45.7 cm³/mol. The molecule has 0 saturated carbocycles. The Balaban J connectivity index is 2.91. The summed E-state index contributed by atoms with van der Waals surface area (Å²) in [6.07, 6.45) is -0.235. The zero-order chi connectivity index (χ0) is 10.7. The van der Waals surface area contributed by atoms with E-state index >= 15 is 0 Å². The Morgan fingerprint density at radius 2 is 1.71 bits per heavy atom. The van der Waals surface area contributed by atoms with E-state index in [2.05, 4.69) is 0 Å². The molecule has 78 valence electrons. The molecule has 6 heteroatoms. The zero-order valence-electron chi connectivity index (χ0n) is 6.97. The molecule has 0 heterocycles. The van der Waals surface area contributed by atoms with Gasteiger partial charge in [0.05, 0.1) is 5.75 Å². The first-order valence-electron chi connectivity index (χ1n) is 3.71. The van der Waals surface area contributed by atoms with Gasteiger partial charge in [0.2, 0.25) is 0 Å². The smallest absolute Gasteiger partial charge is 0.153 e. The minimum atomic E-state index is -2.12. The molecule has 0 saturated heterocycles. The van der Waals surface area contributed by atoms with Crippen molar-refractivity contribution in [3.63, 3.8) is 0 Å². The third-order valence-electron chi connectivity index (χ3n) is 1.63. The summed E-state index contributed by atoms with van der Waals surface area (Å²) in [7, 11) is 0. The molecule has 1 aromatic rings. The first kappa shape index (κ1) is 11.2. The van der Waals surface area contributed by atoms with E-state index in [1.165, 1.54) is 0 Å². The van der Waals surface area contributed by atoms with Crippen LogP contribution in [0.4, 0.5) is 13.2 Å². The van der Waals surface area contributed by atoms with Gasteiger partial charge in [-0.3, -0.25) is 0 Å². The number of halogens is 3. The monoisotopic (exact) mass is 224 g/mol. The Morgan fingerprint density at radius 3 is 2.14 bits per heavy atom. The predicted octanol–water partition coefficient (Wildman–Crippen LogP) is 1.87. The van der Waals surface area contributed by atoms with Gasteiger partial charge in [-0.2, -0.15) is 0 Å². The summed E-state index contributed by atoms with van der Waals surface area (Å²) in [5.74, 6) is -3.35. The standard InChI is InChI=1S/C8H7F3O2S/c9-5-3-7(10)6(8(11)4-5)1-2-14(12)13/h3-4H,1-2H2,(H,12,13). The van der Waals surface area contributed by atoms with Crippen molar-refractivity contribution < 1.29 is 21.9 Å². The average molecular weight is 224 g/mol. The second-order valence-electron chi connectivity index (χ2n) is 2.62. The minimum absolute atomic E-state index is 0.235. The lowest BCUT2D eigenvalue weighted by Crippen LogP contribution is -2.04. The van der Waals surface area contributed by atoms with Gasteiger partial charge in [0.1, 0.15) is 17.5 Å². The highest BCUT2D eigenvalue weighted by Crippen LogP contribution is 2.15. The van der Waals surface area contributed by atoms with Gasteiger partial charge in [-0.25, -0.2) is 17.4 Å². The van der Waals surface area contributed by atoms with Crippen LogP contribution in [0.5, 0.6) is 0 Å². The zero-order valence-corrected chi connectivity index (χ0v) is 7.78. The Hall–Kier alpha value is -0.880. The molecule has 0 aliphatic carbocycles. The van der Waals surface area contributed by atoms with Crippen LogP contribution in [-0.2, 0) is 17.5 Å². The van der Waals surface area contributed by atoms with Gasteiger partial charge in [-0.1, -0.05) is 0 Å². The van der Waals surface area contributed by atoms with Gasteiger partial charge in [0.15, 0.2) is 11.1 Å². The summed E-state index contributed by atoms with van der Waals surface area (Å²) in [5.41, 5.74) is -0.367. The maximum Gasteiger partial charge on any atom is 0.153 e. The number of hydrogen-bond donors (Lipinski definition) is 1. The second kappa shape index (κ2) is 4.56. The lowest BCUT2D eigenvalue weighted by Gasteiger charge is -2.03. The summed E-state index contributed by atoms with van der Waals surface area (Å²) < 4.78 is 56.9. The van der Waals surface area contributed by atoms with Gasteiger partial charge in [-0.15, -0.1) is 0 Å². The van der Waals surface area contributed by atoms with E-state index in [-0.39, 0.29) is 17.7 Å². The van der Waals surface area contributed by atoms with Crippen LogP contribution in [-0.4, -0.2) is 14.5 Å². The van der Waals surface area contributed by atoms with Gasteiger partial charge in [0.25, 0.3) is 0 Å². The van der Waals surface area contributed by atoms with E-state index in [0.717, 1.165) is 0 Å². The lowest BCUT2D eigenvalue weighted by atomic mass is 10.1. The molecule has 2 nitrogen and oxygen atoms in total. The Morgan fingerprint density at radius 1 is 1.21 bits per heavy atom. The van der Waals surface area contributed by atoms with Crippen molar-refractivity contribution in [1.29, 1.82) is 0 Å². The first-order valence-corrected chi connectivity index (χ1v) is 4.99. The van der Waals surface area contributed by atoms with Crippen molar-refractivity contribution in [1.82, 2.24) is 0 Å². The molecule has 1 N–H and O–H groups in total. The Kier molecular flexibility index (Phi) is 3.65. The SMILES string of the molecule is O=S(O)CCc1c(F)cc(F)cc1F. The molecule has 1 rings (SSSR count). The molecule has 0 spiro atoms. The lowest BCUT2D eigenvalue weighted by molar-refractivity contribution is 0.524. The number of hydrogen-bond acceptors (Lipinski definition) is 1. The molecule has 14 heavy (non-hydrogen) atoms. The van der Waals surface area contributed by atoms with E-state index in [4.69, 9.17) is 4.55 Å². The van der Waals surface area contributed by atoms with E-state index in [9.17, 15) is 17.4 Å². The quantitative estimate of drug-likeness (QED) is 0.796. The highest BCUT2D eigenvalue weighted by Gasteiger charge is 2.11.